The Balaban J connectivity index is 2.03. The van der Waals surface area contributed by atoms with E-state index in [1.165, 1.54) is 25.3 Å². The molecule has 19 heavy (non-hydrogen) atoms. The first-order chi connectivity index (χ1) is 8.99. The fourth-order valence-corrected chi connectivity index (χ4v) is 2.75. The maximum atomic E-state index is 13.1. The van der Waals surface area contributed by atoms with Crippen molar-refractivity contribution in [1.82, 2.24) is 4.72 Å². The summed E-state index contributed by atoms with van der Waals surface area (Å²) in [6.45, 7) is 1.75. The maximum absolute atomic E-state index is 13.1. The Hall–Kier alpha value is -1.66. The average molecular weight is 283 g/mol. The molecule has 1 heterocycles. The lowest BCUT2D eigenvalue weighted by molar-refractivity contribution is 0.506. The van der Waals surface area contributed by atoms with Crippen molar-refractivity contribution in [3.63, 3.8) is 0 Å². The molecule has 2 aromatic rings. The molecule has 0 saturated heterocycles. The van der Waals surface area contributed by atoms with E-state index >= 15 is 0 Å². The van der Waals surface area contributed by atoms with Gasteiger partial charge in [-0.15, -0.1) is 0 Å². The first kappa shape index (κ1) is 13.8. The van der Waals surface area contributed by atoms with Crippen LogP contribution in [0.2, 0.25) is 0 Å². The number of furan rings is 1. The second kappa shape index (κ2) is 5.54. The topological polar surface area (TPSA) is 59.3 Å². The fourth-order valence-electron chi connectivity index (χ4n) is 1.63. The van der Waals surface area contributed by atoms with Gasteiger partial charge in [0.05, 0.1) is 11.2 Å². The first-order valence-electron chi connectivity index (χ1n) is 5.77. The number of nitrogens with one attached hydrogen (secondary N) is 1. The van der Waals surface area contributed by atoms with Crippen molar-refractivity contribution in [3.8, 4) is 0 Å². The third-order valence-corrected chi connectivity index (χ3v) is 4.14. The van der Waals surface area contributed by atoms with Crippen LogP contribution in [-0.4, -0.2) is 15.0 Å². The van der Waals surface area contributed by atoms with Gasteiger partial charge in [-0.3, -0.25) is 0 Å². The number of benzene rings is 1. The SMILES string of the molecule is Cc1cc(S(=O)(=O)NCCc2ccco2)ccc1F. The molecular formula is C13H14FNO3S. The van der Waals surface area contributed by atoms with E-state index in [1.807, 2.05) is 0 Å². The van der Waals surface area contributed by atoms with Crippen LogP contribution in [0, 0.1) is 12.7 Å². The van der Waals surface area contributed by atoms with Gasteiger partial charge >= 0.3 is 0 Å². The Morgan fingerprint density at radius 3 is 2.74 bits per heavy atom. The highest BCUT2D eigenvalue weighted by atomic mass is 32.2. The monoisotopic (exact) mass is 283 g/mol. The number of aryl methyl sites for hydroxylation is 1. The second-order valence-electron chi connectivity index (χ2n) is 4.14. The summed E-state index contributed by atoms with van der Waals surface area (Å²) in [6.07, 6.45) is 2.00. The summed E-state index contributed by atoms with van der Waals surface area (Å²) in [7, 11) is -3.61. The molecule has 0 aliphatic heterocycles. The molecule has 2 rings (SSSR count). The van der Waals surface area contributed by atoms with Crippen LogP contribution in [0.3, 0.4) is 0 Å². The Labute approximate surface area is 111 Å². The molecule has 0 aliphatic rings. The van der Waals surface area contributed by atoms with Gasteiger partial charge in [-0.1, -0.05) is 0 Å². The lowest BCUT2D eigenvalue weighted by Crippen LogP contribution is -2.26. The molecule has 1 aromatic heterocycles. The number of hydrogen-bond acceptors (Lipinski definition) is 3. The summed E-state index contributed by atoms with van der Waals surface area (Å²) in [6, 6.07) is 7.22. The van der Waals surface area contributed by atoms with Crippen molar-refractivity contribution < 1.29 is 17.2 Å². The molecule has 1 N–H and O–H groups in total. The molecule has 4 nitrogen and oxygen atoms in total. The van der Waals surface area contributed by atoms with Gasteiger partial charge in [-0.25, -0.2) is 17.5 Å². The quantitative estimate of drug-likeness (QED) is 0.915. The van der Waals surface area contributed by atoms with E-state index in [2.05, 4.69) is 4.72 Å². The van der Waals surface area contributed by atoms with Crippen LogP contribution >= 0.6 is 0 Å². The Bertz CT molecular complexity index is 651. The van der Waals surface area contributed by atoms with Crippen molar-refractivity contribution >= 4 is 10.0 Å². The molecule has 102 valence electrons. The van der Waals surface area contributed by atoms with Crippen LogP contribution in [0.25, 0.3) is 0 Å². The van der Waals surface area contributed by atoms with Crippen molar-refractivity contribution in [1.29, 1.82) is 0 Å². The van der Waals surface area contributed by atoms with Gasteiger partial charge in [0.25, 0.3) is 0 Å². The van der Waals surface area contributed by atoms with Crippen molar-refractivity contribution in [2.45, 2.75) is 18.2 Å². The van der Waals surface area contributed by atoms with Gasteiger partial charge in [-0.2, -0.15) is 0 Å². The van der Waals surface area contributed by atoms with Crippen molar-refractivity contribution in [2.24, 2.45) is 0 Å². The van der Waals surface area contributed by atoms with E-state index in [0.717, 1.165) is 6.07 Å². The molecule has 0 bridgehead atoms. The van der Waals surface area contributed by atoms with Crippen LogP contribution in [0.1, 0.15) is 11.3 Å². The molecule has 0 spiro atoms. The molecule has 0 unspecified atom stereocenters. The summed E-state index contributed by atoms with van der Waals surface area (Å²) in [5.41, 5.74) is 0.300. The largest absolute Gasteiger partial charge is 0.469 e. The zero-order valence-corrected chi connectivity index (χ0v) is 11.2. The zero-order valence-electron chi connectivity index (χ0n) is 10.4. The number of hydrogen-bond donors (Lipinski definition) is 1. The molecule has 1 aromatic carbocycles. The minimum absolute atomic E-state index is 0.0610. The average Bonchev–Trinajstić information content (AvgIpc) is 2.85. The van der Waals surface area contributed by atoms with Crippen LogP contribution in [-0.2, 0) is 16.4 Å². The molecule has 0 fully saturated rings. The number of sulfonamides is 1. The van der Waals surface area contributed by atoms with Crippen LogP contribution in [0.15, 0.2) is 45.9 Å². The molecular weight excluding hydrogens is 269 g/mol. The van der Waals surface area contributed by atoms with Gasteiger partial charge in [0.15, 0.2) is 0 Å². The summed E-state index contributed by atoms with van der Waals surface area (Å²) in [5.74, 6) is 0.285. The van der Waals surface area contributed by atoms with Gasteiger partial charge in [-0.05, 0) is 42.8 Å². The van der Waals surface area contributed by atoms with E-state index in [4.69, 9.17) is 4.42 Å². The van der Waals surface area contributed by atoms with Gasteiger partial charge in [0.2, 0.25) is 10.0 Å². The Morgan fingerprint density at radius 2 is 2.11 bits per heavy atom. The molecule has 0 saturated carbocycles. The lowest BCUT2D eigenvalue weighted by atomic mass is 10.2. The fraction of sp³-hybridized carbons (Fsp3) is 0.231. The highest BCUT2D eigenvalue weighted by Crippen LogP contribution is 2.14. The number of halogens is 1. The number of rotatable bonds is 5. The molecule has 6 heteroatoms. The van der Waals surface area contributed by atoms with E-state index < -0.39 is 15.8 Å². The normalized spacial score (nSPS) is 11.7. The Morgan fingerprint density at radius 1 is 1.32 bits per heavy atom. The third kappa shape index (κ3) is 3.42. The van der Waals surface area contributed by atoms with E-state index in [9.17, 15) is 12.8 Å². The molecule has 0 amide bonds. The van der Waals surface area contributed by atoms with Gasteiger partial charge in [0, 0.05) is 13.0 Å². The summed E-state index contributed by atoms with van der Waals surface area (Å²) < 4.78 is 44.6. The molecule has 0 aliphatic carbocycles. The van der Waals surface area contributed by atoms with Crippen molar-refractivity contribution in [2.75, 3.05) is 6.54 Å². The Kier molecular flexibility index (Phi) is 4.01. The first-order valence-corrected chi connectivity index (χ1v) is 7.25. The van der Waals surface area contributed by atoms with Crippen LogP contribution in [0.4, 0.5) is 4.39 Å². The summed E-state index contributed by atoms with van der Waals surface area (Å²) >= 11 is 0. The highest BCUT2D eigenvalue weighted by molar-refractivity contribution is 7.89. The summed E-state index contributed by atoms with van der Waals surface area (Å²) in [4.78, 5) is 0.0610. The van der Waals surface area contributed by atoms with Crippen LogP contribution in [0.5, 0.6) is 0 Å². The maximum Gasteiger partial charge on any atom is 0.240 e. The third-order valence-electron chi connectivity index (χ3n) is 2.68. The lowest BCUT2D eigenvalue weighted by Gasteiger charge is -2.07. The summed E-state index contributed by atoms with van der Waals surface area (Å²) in [5, 5.41) is 0. The van der Waals surface area contributed by atoms with Crippen LogP contribution < -0.4 is 4.72 Å². The van der Waals surface area contributed by atoms with Crippen molar-refractivity contribution in [3.05, 3.63) is 53.7 Å². The van der Waals surface area contributed by atoms with Gasteiger partial charge < -0.3 is 4.42 Å². The highest BCUT2D eigenvalue weighted by Gasteiger charge is 2.14. The second-order valence-corrected chi connectivity index (χ2v) is 5.91. The minimum atomic E-state index is -3.61. The predicted molar refractivity (Wildman–Crippen MR) is 68.7 cm³/mol. The molecule has 0 radical (unpaired) electrons. The zero-order chi connectivity index (χ0) is 13.9. The minimum Gasteiger partial charge on any atom is -0.469 e. The smallest absolute Gasteiger partial charge is 0.240 e. The molecule has 0 atom stereocenters. The standard InChI is InChI=1S/C13H14FNO3S/c1-10-9-12(4-5-13(10)14)19(16,17)15-7-6-11-3-2-8-18-11/h2-5,8-9,15H,6-7H2,1H3. The van der Waals surface area contributed by atoms with E-state index in [0.29, 0.717) is 17.7 Å². The predicted octanol–water partition coefficient (Wildman–Crippen LogP) is 2.25. The van der Waals surface area contributed by atoms with E-state index in [1.54, 1.807) is 12.1 Å². The van der Waals surface area contributed by atoms with E-state index in [-0.39, 0.29) is 11.4 Å². The van der Waals surface area contributed by atoms with Gasteiger partial charge in [0.1, 0.15) is 11.6 Å².